The summed E-state index contributed by atoms with van der Waals surface area (Å²) in [6, 6.07) is 4.97. The molecule has 1 aromatic carbocycles. The number of H-pyrrole nitrogens is 1. The van der Waals surface area contributed by atoms with Crippen LogP contribution in [-0.4, -0.2) is 17.0 Å². The third kappa shape index (κ3) is 2.90. The maximum Gasteiger partial charge on any atom is 0.303 e. The van der Waals surface area contributed by atoms with Gasteiger partial charge in [-0.05, 0) is 29.7 Å². The molecule has 0 aliphatic rings. The molecule has 0 aliphatic heterocycles. The fourth-order valence-electron chi connectivity index (χ4n) is 2.00. The van der Waals surface area contributed by atoms with E-state index in [9.17, 15) is 9.90 Å². The van der Waals surface area contributed by atoms with Crippen molar-refractivity contribution in [1.29, 1.82) is 0 Å². The van der Waals surface area contributed by atoms with Crippen molar-refractivity contribution in [2.75, 3.05) is 12.0 Å². The van der Waals surface area contributed by atoms with Crippen LogP contribution in [0.3, 0.4) is 0 Å². The van der Waals surface area contributed by atoms with E-state index in [-0.39, 0.29) is 22.2 Å². The predicted octanol–water partition coefficient (Wildman–Crippen LogP) is 2.66. The lowest BCUT2D eigenvalue weighted by molar-refractivity contribution is -0.270. The van der Waals surface area contributed by atoms with E-state index >= 15 is 0 Å². The first-order valence-corrected chi connectivity index (χ1v) is 8.37. The van der Waals surface area contributed by atoms with E-state index in [2.05, 4.69) is 11.9 Å². The average Bonchev–Trinajstić information content (AvgIpc) is 2.35. The Bertz CT molecular complexity index is 654. The van der Waals surface area contributed by atoms with Crippen molar-refractivity contribution in [2.45, 2.75) is 24.7 Å². The Labute approximate surface area is 120 Å². The zero-order chi connectivity index (χ0) is 14.0. The minimum Gasteiger partial charge on any atom is -0.868 e. The van der Waals surface area contributed by atoms with Crippen LogP contribution in [0, 0.1) is 0 Å². The second kappa shape index (κ2) is 5.88. The summed E-state index contributed by atoms with van der Waals surface area (Å²) in [7, 11) is -0.307. The van der Waals surface area contributed by atoms with Crippen LogP contribution in [-0.2, 0) is 10.9 Å². The van der Waals surface area contributed by atoms with Crippen LogP contribution in [0.25, 0.3) is 10.9 Å². The van der Waals surface area contributed by atoms with Gasteiger partial charge in [-0.25, -0.2) is 0 Å². The highest BCUT2D eigenvalue weighted by Crippen LogP contribution is 2.28. The second-order valence-electron chi connectivity index (χ2n) is 4.50. The minimum absolute atomic E-state index is 0.155. The van der Waals surface area contributed by atoms with Crippen molar-refractivity contribution in [1.82, 2.24) is 4.98 Å². The van der Waals surface area contributed by atoms with E-state index in [4.69, 9.17) is 11.6 Å². The molecule has 0 amide bonds. The Kier molecular flexibility index (Phi) is 4.42. The number of nitrogens with one attached hydrogen (secondary N) is 1. The van der Waals surface area contributed by atoms with Crippen molar-refractivity contribution in [3.8, 4) is 5.75 Å². The van der Waals surface area contributed by atoms with E-state index in [1.165, 1.54) is 0 Å². The van der Waals surface area contributed by atoms with Crippen molar-refractivity contribution >= 4 is 33.4 Å². The first-order chi connectivity index (χ1) is 9.04. The maximum absolute atomic E-state index is 12.4. The number of benzene rings is 1. The van der Waals surface area contributed by atoms with Crippen LogP contribution >= 0.6 is 11.6 Å². The fourth-order valence-corrected chi connectivity index (χ4v) is 3.89. The first-order valence-electron chi connectivity index (χ1n) is 6.19. The lowest BCUT2D eigenvalue weighted by Gasteiger charge is -2.14. The van der Waals surface area contributed by atoms with Crippen LogP contribution in [0.2, 0.25) is 5.02 Å². The molecule has 5 heteroatoms. The Morgan fingerprint density at radius 2 is 2.16 bits per heavy atom. The lowest BCUT2D eigenvalue weighted by atomic mass is 10.2. The van der Waals surface area contributed by atoms with Crippen LogP contribution < -0.4 is 10.7 Å². The molecule has 1 atom stereocenters. The number of hydrogen-bond acceptors (Lipinski definition) is 2. The summed E-state index contributed by atoms with van der Waals surface area (Å²) in [5, 5.41) is 13.5. The predicted molar refractivity (Wildman–Crippen MR) is 80.4 cm³/mol. The number of aromatic amines is 1. The molecule has 1 unspecified atom stereocenters. The highest BCUT2D eigenvalue weighted by molar-refractivity contribution is 7.96. The summed E-state index contributed by atoms with van der Waals surface area (Å²) < 4.78 is 0. The molecule has 2 aromatic rings. The van der Waals surface area contributed by atoms with E-state index in [1.54, 1.807) is 18.2 Å². The number of unbranched alkanes of at least 4 members (excludes halogenated alkanes) is 1. The molecular formula is C14H16ClNO2S. The number of fused-ring (bicyclic) bond motifs is 1. The Hall–Kier alpha value is -1.13. The van der Waals surface area contributed by atoms with Gasteiger partial charge in [0.05, 0.1) is 0 Å². The molecular weight excluding hydrogens is 282 g/mol. The summed E-state index contributed by atoms with van der Waals surface area (Å²) in [6.45, 7) is 2.10. The number of rotatable bonds is 4. The van der Waals surface area contributed by atoms with E-state index < -0.39 is 0 Å². The maximum atomic E-state index is 12.4. The lowest BCUT2D eigenvalue weighted by Crippen LogP contribution is -2.22. The number of hydrogen-bond donors (Lipinski definition) is 1. The van der Waals surface area contributed by atoms with Crippen molar-refractivity contribution in [3.63, 3.8) is 0 Å². The van der Waals surface area contributed by atoms with Gasteiger partial charge in [-0.2, -0.15) is 0 Å². The minimum atomic E-state index is -0.307. The molecule has 1 aromatic heterocycles. The van der Waals surface area contributed by atoms with E-state index in [1.807, 2.05) is 6.26 Å². The van der Waals surface area contributed by atoms with Crippen molar-refractivity contribution in [3.05, 3.63) is 33.6 Å². The normalized spacial score (nSPS) is 12.8. The molecule has 0 aliphatic carbocycles. The highest BCUT2D eigenvalue weighted by atomic mass is 35.5. The third-order valence-electron chi connectivity index (χ3n) is 3.04. The molecule has 1 N–H and O–H groups in total. The topological polar surface area (TPSA) is 55.9 Å². The van der Waals surface area contributed by atoms with Crippen LogP contribution in [0.1, 0.15) is 19.8 Å². The number of halogens is 1. The standard InChI is InChI=1S/C14H16ClNO2S/c1-3-4-7-19(2)13-12(17)10-6-5-9(15)8-11(10)16-14(13)18/h5-6,8H,3-4,7H2,1-2H3,(H-,16,17,18). The zero-order valence-corrected chi connectivity index (χ0v) is 12.5. The van der Waals surface area contributed by atoms with Gasteiger partial charge in [-0.3, -0.25) is 4.79 Å². The van der Waals surface area contributed by atoms with Gasteiger partial charge < -0.3 is 10.1 Å². The molecule has 0 radical (unpaired) electrons. The van der Waals surface area contributed by atoms with Gasteiger partial charge in [0.15, 0.2) is 0 Å². The smallest absolute Gasteiger partial charge is 0.303 e. The van der Waals surface area contributed by atoms with Gasteiger partial charge in [-0.1, -0.05) is 31.0 Å². The van der Waals surface area contributed by atoms with Crippen LogP contribution in [0.4, 0.5) is 0 Å². The van der Waals surface area contributed by atoms with Gasteiger partial charge in [0.25, 0.3) is 0 Å². The number of pyridine rings is 1. The monoisotopic (exact) mass is 297 g/mol. The van der Waals surface area contributed by atoms with E-state index in [0.717, 1.165) is 18.6 Å². The van der Waals surface area contributed by atoms with Crippen molar-refractivity contribution in [2.24, 2.45) is 0 Å². The molecule has 19 heavy (non-hydrogen) atoms. The highest BCUT2D eigenvalue weighted by Gasteiger charge is 2.21. The summed E-state index contributed by atoms with van der Waals surface area (Å²) in [5.41, 5.74) is 0.237. The van der Waals surface area contributed by atoms with E-state index in [0.29, 0.717) is 20.8 Å². The van der Waals surface area contributed by atoms with Crippen LogP contribution in [0.5, 0.6) is 5.75 Å². The molecule has 1 heterocycles. The zero-order valence-electron chi connectivity index (χ0n) is 11.0. The molecule has 0 fully saturated rings. The summed E-state index contributed by atoms with van der Waals surface area (Å²) in [5.74, 6) is 0.728. The molecule has 0 saturated carbocycles. The Balaban J connectivity index is 2.56. The molecule has 0 spiro atoms. The second-order valence-corrected chi connectivity index (χ2v) is 7.02. The van der Waals surface area contributed by atoms with Gasteiger partial charge >= 0.3 is 5.56 Å². The molecule has 2 rings (SSSR count). The van der Waals surface area contributed by atoms with Gasteiger partial charge in [0, 0.05) is 21.4 Å². The van der Waals surface area contributed by atoms with Crippen molar-refractivity contribution < 1.29 is 5.11 Å². The SMILES string of the molecule is CCCC[S+](C)c1c([O-])c2ccc(Cl)cc2[nH]c1=O. The third-order valence-corrected chi connectivity index (χ3v) is 5.24. The quantitative estimate of drug-likeness (QED) is 0.882. The van der Waals surface area contributed by atoms with Gasteiger partial charge in [-0.15, -0.1) is 0 Å². The molecule has 3 nitrogen and oxygen atoms in total. The average molecular weight is 298 g/mol. The molecule has 0 bridgehead atoms. The Morgan fingerprint density at radius 3 is 2.84 bits per heavy atom. The summed E-state index contributed by atoms with van der Waals surface area (Å²) in [4.78, 5) is 15.2. The summed E-state index contributed by atoms with van der Waals surface area (Å²) in [6.07, 6.45) is 4.05. The fraction of sp³-hybridized carbons (Fsp3) is 0.357. The molecule has 0 saturated heterocycles. The van der Waals surface area contributed by atoms with Gasteiger partial charge in [0.1, 0.15) is 12.0 Å². The summed E-state index contributed by atoms with van der Waals surface area (Å²) >= 11 is 5.87. The van der Waals surface area contributed by atoms with Gasteiger partial charge in [0.2, 0.25) is 4.90 Å². The number of aromatic nitrogens is 1. The Morgan fingerprint density at radius 1 is 1.42 bits per heavy atom. The first kappa shape index (κ1) is 14.3. The van der Waals surface area contributed by atoms with Crippen LogP contribution in [0.15, 0.2) is 27.9 Å². The molecule has 102 valence electrons. The largest absolute Gasteiger partial charge is 0.868 e.